The topological polar surface area (TPSA) is 70.2 Å². The SMILES string of the molecule is CC(C(=O)NCC(=O)NCCc1ccccc1)C1CNC1. The standard InChI is InChI=1S/C16H23N3O2/c1-12(14-9-17-10-14)16(21)19-11-15(20)18-8-7-13-5-3-2-4-6-13/h2-6,12,14,17H,7-11H2,1H3,(H,18,20)(H,19,21). The maximum Gasteiger partial charge on any atom is 0.239 e. The third-order valence-electron chi connectivity index (χ3n) is 3.94. The smallest absolute Gasteiger partial charge is 0.239 e. The van der Waals surface area contributed by atoms with Gasteiger partial charge in [-0.1, -0.05) is 37.3 Å². The quantitative estimate of drug-likeness (QED) is 0.677. The summed E-state index contributed by atoms with van der Waals surface area (Å²) in [7, 11) is 0. The molecule has 1 saturated heterocycles. The van der Waals surface area contributed by atoms with E-state index in [1.54, 1.807) is 0 Å². The Balaban J connectivity index is 1.60. The fourth-order valence-electron chi connectivity index (χ4n) is 2.26. The van der Waals surface area contributed by atoms with Gasteiger partial charge >= 0.3 is 0 Å². The maximum absolute atomic E-state index is 11.9. The lowest BCUT2D eigenvalue weighted by Gasteiger charge is -2.31. The molecule has 1 heterocycles. The van der Waals surface area contributed by atoms with Crippen LogP contribution >= 0.6 is 0 Å². The van der Waals surface area contributed by atoms with Crippen LogP contribution in [-0.2, 0) is 16.0 Å². The van der Waals surface area contributed by atoms with Crippen molar-refractivity contribution in [2.24, 2.45) is 11.8 Å². The molecule has 2 rings (SSSR count). The van der Waals surface area contributed by atoms with Gasteiger partial charge in [0.05, 0.1) is 6.54 Å². The minimum Gasteiger partial charge on any atom is -0.354 e. The second kappa shape index (κ2) is 7.78. The van der Waals surface area contributed by atoms with Crippen LogP contribution in [0.15, 0.2) is 30.3 Å². The second-order valence-corrected chi connectivity index (χ2v) is 5.51. The molecule has 1 aliphatic heterocycles. The highest BCUT2D eigenvalue weighted by atomic mass is 16.2. The average molecular weight is 289 g/mol. The van der Waals surface area contributed by atoms with Gasteiger partial charge in [-0.25, -0.2) is 0 Å². The molecule has 0 saturated carbocycles. The molecule has 0 aliphatic carbocycles. The molecule has 0 radical (unpaired) electrons. The summed E-state index contributed by atoms with van der Waals surface area (Å²) in [6.45, 7) is 4.32. The summed E-state index contributed by atoms with van der Waals surface area (Å²) in [4.78, 5) is 23.5. The van der Waals surface area contributed by atoms with Crippen LogP contribution in [0.25, 0.3) is 0 Å². The van der Waals surface area contributed by atoms with Gasteiger partial charge in [0.25, 0.3) is 0 Å². The lowest BCUT2D eigenvalue weighted by atomic mass is 9.88. The fourth-order valence-corrected chi connectivity index (χ4v) is 2.26. The first-order chi connectivity index (χ1) is 10.2. The van der Waals surface area contributed by atoms with Gasteiger partial charge in [0.15, 0.2) is 0 Å². The zero-order valence-electron chi connectivity index (χ0n) is 12.4. The molecule has 1 fully saturated rings. The molecule has 1 atom stereocenters. The van der Waals surface area contributed by atoms with Crippen molar-refractivity contribution in [3.8, 4) is 0 Å². The molecule has 1 aromatic carbocycles. The number of carbonyl (C=O) groups is 2. The number of benzene rings is 1. The highest BCUT2D eigenvalue weighted by Crippen LogP contribution is 2.15. The summed E-state index contributed by atoms with van der Waals surface area (Å²) >= 11 is 0. The minimum atomic E-state index is -0.141. The van der Waals surface area contributed by atoms with Gasteiger partial charge < -0.3 is 16.0 Å². The molecule has 5 heteroatoms. The molecule has 5 nitrogen and oxygen atoms in total. The van der Waals surface area contributed by atoms with E-state index in [1.165, 1.54) is 5.56 Å². The lowest BCUT2D eigenvalue weighted by Crippen LogP contribution is -2.50. The van der Waals surface area contributed by atoms with Crippen LogP contribution in [-0.4, -0.2) is 38.0 Å². The first-order valence-corrected chi connectivity index (χ1v) is 7.46. The van der Waals surface area contributed by atoms with Crippen LogP contribution in [0.5, 0.6) is 0 Å². The van der Waals surface area contributed by atoms with Gasteiger partial charge in [-0.2, -0.15) is 0 Å². The summed E-state index contributed by atoms with van der Waals surface area (Å²) in [6, 6.07) is 9.99. The average Bonchev–Trinajstić information content (AvgIpc) is 2.44. The van der Waals surface area contributed by atoms with Gasteiger partial charge in [0.2, 0.25) is 11.8 Å². The number of nitrogens with one attached hydrogen (secondary N) is 3. The molecule has 0 aromatic heterocycles. The van der Waals surface area contributed by atoms with E-state index in [4.69, 9.17) is 0 Å². The molecule has 114 valence electrons. The minimum absolute atomic E-state index is 0.0385. The van der Waals surface area contributed by atoms with Crippen molar-refractivity contribution in [2.45, 2.75) is 13.3 Å². The van der Waals surface area contributed by atoms with Crippen molar-refractivity contribution in [1.29, 1.82) is 0 Å². The Kier molecular flexibility index (Phi) is 5.75. The molecular formula is C16H23N3O2. The summed E-state index contributed by atoms with van der Waals surface area (Å²) < 4.78 is 0. The van der Waals surface area contributed by atoms with Crippen LogP contribution in [0, 0.1) is 11.8 Å². The third kappa shape index (κ3) is 4.86. The number of carbonyl (C=O) groups excluding carboxylic acids is 2. The molecule has 1 aromatic rings. The molecule has 21 heavy (non-hydrogen) atoms. The zero-order chi connectivity index (χ0) is 15.1. The van der Waals surface area contributed by atoms with E-state index in [2.05, 4.69) is 16.0 Å². The van der Waals surface area contributed by atoms with E-state index in [0.29, 0.717) is 12.5 Å². The molecule has 2 amide bonds. The van der Waals surface area contributed by atoms with Crippen molar-refractivity contribution in [3.05, 3.63) is 35.9 Å². The van der Waals surface area contributed by atoms with E-state index in [0.717, 1.165) is 19.5 Å². The van der Waals surface area contributed by atoms with Gasteiger partial charge in [0.1, 0.15) is 0 Å². The van der Waals surface area contributed by atoms with Gasteiger partial charge in [-0.05, 0) is 31.0 Å². The zero-order valence-corrected chi connectivity index (χ0v) is 12.4. The maximum atomic E-state index is 11.9. The fraction of sp³-hybridized carbons (Fsp3) is 0.500. The van der Waals surface area contributed by atoms with Crippen molar-refractivity contribution in [2.75, 3.05) is 26.2 Å². The largest absolute Gasteiger partial charge is 0.354 e. The Hall–Kier alpha value is -1.88. The molecule has 0 spiro atoms. The van der Waals surface area contributed by atoms with Crippen molar-refractivity contribution >= 4 is 11.8 Å². The molecule has 1 aliphatic rings. The predicted molar refractivity (Wildman–Crippen MR) is 81.7 cm³/mol. The first kappa shape index (κ1) is 15.5. The molecule has 0 bridgehead atoms. The van der Waals surface area contributed by atoms with E-state index in [-0.39, 0.29) is 24.3 Å². The Morgan fingerprint density at radius 2 is 1.95 bits per heavy atom. The summed E-state index contributed by atoms with van der Waals surface area (Å²) in [5.41, 5.74) is 1.19. The number of rotatable bonds is 7. The summed E-state index contributed by atoms with van der Waals surface area (Å²) in [6.07, 6.45) is 0.796. The van der Waals surface area contributed by atoms with E-state index in [1.807, 2.05) is 37.3 Å². The van der Waals surface area contributed by atoms with Crippen molar-refractivity contribution < 1.29 is 9.59 Å². The van der Waals surface area contributed by atoms with Gasteiger partial charge in [-0.15, -0.1) is 0 Å². The third-order valence-corrected chi connectivity index (χ3v) is 3.94. The van der Waals surface area contributed by atoms with Crippen molar-refractivity contribution in [3.63, 3.8) is 0 Å². The Bertz CT molecular complexity index is 472. The van der Waals surface area contributed by atoms with E-state index >= 15 is 0 Å². The molecule has 3 N–H and O–H groups in total. The van der Waals surface area contributed by atoms with E-state index < -0.39 is 0 Å². The lowest BCUT2D eigenvalue weighted by molar-refractivity contribution is -0.129. The normalized spacial score (nSPS) is 15.9. The van der Waals surface area contributed by atoms with E-state index in [9.17, 15) is 9.59 Å². The summed E-state index contributed by atoms with van der Waals surface area (Å²) in [5.74, 6) is 0.174. The Morgan fingerprint density at radius 3 is 2.57 bits per heavy atom. The monoisotopic (exact) mass is 289 g/mol. The summed E-state index contributed by atoms with van der Waals surface area (Å²) in [5, 5.41) is 8.66. The second-order valence-electron chi connectivity index (χ2n) is 5.51. The van der Waals surface area contributed by atoms with Crippen molar-refractivity contribution in [1.82, 2.24) is 16.0 Å². The molecular weight excluding hydrogens is 266 g/mol. The van der Waals surface area contributed by atoms with Gasteiger partial charge in [-0.3, -0.25) is 9.59 Å². The Labute approximate surface area is 125 Å². The van der Waals surface area contributed by atoms with Crippen LogP contribution < -0.4 is 16.0 Å². The van der Waals surface area contributed by atoms with Crippen LogP contribution in [0.3, 0.4) is 0 Å². The highest BCUT2D eigenvalue weighted by Gasteiger charge is 2.28. The number of hydrogen-bond acceptors (Lipinski definition) is 3. The molecule has 1 unspecified atom stereocenters. The van der Waals surface area contributed by atoms with Crippen LogP contribution in [0.2, 0.25) is 0 Å². The predicted octanol–water partition coefficient (Wildman–Crippen LogP) is 0.317. The number of amides is 2. The van der Waals surface area contributed by atoms with Gasteiger partial charge in [0, 0.05) is 12.5 Å². The van der Waals surface area contributed by atoms with Crippen LogP contribution in [0.1, 0.15) is 12.5 Å². The number of hydrogen-bond donors (Lipinski definition) is 3. The Morgan fingerprint density at radius 1 is 1.24 bits per heavy atom. The first-order valence-electron chi connectivity index (χ1n) is 7.46. The highest BCUT2D eigenvalue weighted by molar-refractivity contribution is 5.85. The van der Waals surface area contributed by atoms with Crippen LogP contribution in [0.4, 0.5) is 0 Å².